The summed E-state index contributed by atoms with van der Waals surface area (Å²) in [5.41, 5.74) is 7.81. The van der Waals surface area contributed by atoms with Crippen LogP contribution in [0.1, 0.15) is 31.2 Å². The summed E-state index contributed by atoms with van der Waals surface area (Å²) in [5, 5.41) is 5.86. The molecule has 0 heterocycles. The van der Waals surface area contributed by atoms with Gasteiger partial charge < -0.3 is 16.4 Å². The Balaban J connectivity index is 1.82. The van der Waals surface area contributed by atoms with E-state index in [9.17, 15) is 4.79 Å². The highest BCUT2D eigenvalue weighted by Gasteiger charge is 2.19. The van der Waals surface area contributed by atoms with Crippen LogP contribution in [0.2, 0.25) is 0 Å². The van der Waals surface area contributed by atoms with Crippen LogP contribution in [0.5, 0.6) is 0 Å². The molecule has 1 aliphatic carbocycles. The van der Waals surface area contributed by atoms with E-state index in [0.717, 1.165) is 36.9 Å². The molecule has 4 nitrogen and oxygen atoms in total. The number of nitrogens with two attached hydrogens (primary N) is 1. The Morgan fingerprint density at radius 2 is 2.00 bits per heavy atom. The number of hydrogen-bond donors (Lipinski definition) is 3. The van der Waals surface area contributed by atoms with E-state index >= 15 is 0 Å². The van der Waals surface area contributed by atoms with Crippen LogP contribution >= 0.6 is 0 Å². The second-order valence-corrected chi connectivity index (χ2v) is 5.08. The van der Waals surface area contributed by atoms with Gasteiger partial charge in [0.15, 0.2) is 0 Å². The zero-order chi connectivity index (χ0) is 13.0. The van der Waals surface area contributed by atoms with Gasteiger partial charge in [0.05, 0.1) is 0 Å². The van der Waals surface area contributed by atoms with Crippen LogP contribution in [-0.2, 0) is 0 Å². The van der Waals surface area contributed by atoms with Gasteiger partial charge >= 0.3 is 6.03 Å². The molecule has 4 heteroatoms. The summed E-state index contributed by atoms with van der Waals surface area (Å²) >= 11 is 0. The van der Waals surface area contributed by atoms with Crippen molar-refractivity contribution in [1.82, 2.24) is 5.32 Å². The van der Waals surface area contributed by atoms with Crippen LogP contribution in [0.25, 0.3) is 0 Å². The minimum absolute atomic E-state index is 0.124. The van der Waals surface area contributed by atoms with Gasteiger partial charge in [0.2, 0.25) is 0 Å². The lowest BCUT2D eigenvalue weighted by molar-refractivity contribution is 0.242. The molecule has 0 atom stereocenters. The molecule has 0 aliphatic heterocycles. The van der Waals surface area contributed by atoms with Gasteiger partial charge in [-0.3, -0.25) is 0 Å². The number of rotatable bonds is 2. The monoisotopic (exact) mass is 247 g/mol. The molecule has 4 N–H and O–H groups in total. The molecular formula is C14H21N3O. The summed E-state index contributed by atoms with van der Waals surface area (Å²) in [6.45, 7) is 2.01. The fourth-order valence-corrected chi connectivity index (χ4v) is 2.34. The lowest BCUT2D eigenvalue weighted by Crippen LogP contribution is -2.42. The van der Waals surface area contributed by atoms with Crippen molar-refractivity contribution in [3.8, 4) is 0 Å². The molecular weight excluding hydrogens is 226 g/mol. The van der Waals surface area contributed by atoms with Gasteiger partial charge in [-0.1, -0.05) is 12.1 Å². The molecule has 98 valence electrons. The summed E-state index contributed by atoms with van der Waals surface area (Å²) in [6, 6.07) is 8.23. The molecule has 0 spiro atoms. The molecule has 1 aromatic carbocycles. The second-order valence-electron chi connectivity index (χ2n) is 5.08. The van der Waals surface area contributed by atoms with Gasteiger partial charge in [-0.25, -0.2) is 4.79 Å². The van der Waals surface area contributed by atoms with Gasteiger partial charge in [0, 0.05) is 17.8 Å². The van der Waals surface area contributed by atoms with Crippen LogP contribution in [0, 0.1) is 6.92 Å². The molecule has 0 unspecified atom stereocenters. The molecule has 1 fully saturated rings. The van der Waals surface area contributed by atoms with E-state index in [1.807, 2.05) is 31.2 Å². The molecule has 0 radical (unpaired) electrons. The van der Waals surface area contributed by atoms with Gasteiger partial charge in [-0.2, -0.15) is 0 Å². The van der Waals surface area contributed by atoms with E-state index in [-0.39, 0.29) is 12.1 Å². The van der Waals surface area contributed by atoms with Crippen molar-refractivity contribution in [3.05, 3.63) is 29.8 Å². The third-order valence-electron chi connectivity index (χ3n) is 3.38. The zero-order valence-electron chi connectivity index (χ0n) is 10.8. The molecule has 1 aromatic rings. The average Bonchev–Trinajstić information content (AvgIpc) is 2.32. The molecule has 1 saturated carbocycles. The Labute approximate surface area is 108 Å². The first-order chi connectivity index (χ1) is 8.63. The van der Waals surface area contributed by atoms with Crippen molar-refractivity contribution < 1.29 is 4.79 Å². The van der Waals surface area contributed by atoms with Gasteiger partial charge in [-0.15, -0.1) is 0 Å². The molecule has 18 heavy (non-hydrogen) atoms. The number of amides is 2. The predicted molar refractivity (Wildman–Crippen MR) is 73.6 cm³/mol. The SMILES string of the molecule is Cc1cccc(NC(=O)NC2CCC(N)CC2)c1. The smallest absolute Gasteiger partial charge is 0.319 e. The minimum atomic E-state index is -0.124. The number of nitrogens with one attached hydrogen (secondary N) is 2. The number of urea groups is 1. The van der Waals surface area contributed by atoms with Crippen molar-refractivity contribution in [2.24, 2.45) is 5.73 Å². The quantitative estimate of drug-likeness (QED) is 0.751. The van der Waals surface area contributed by atoms with Crippen molar-refractivity contribution in [2.45, 2.75) is 44.7 Å². The molecule has 2 amide bonds. The standard InChI is InChI=1S/C14H21N3O/c1-10-3-2-4-13(9-10)17-14(18)16-12-7-5-11(15)6-8-12/h2-4,9,11-12H,5-8,15H2,1H3,(H2,16,17,18). The van der Waals surface area contributed by atoms with E-state index < -0.39 is 0 Å². The second kappa shape index (κ2) is 5.87. The highest BCUT2D eigenvalue weighted by atomic mass is 16.2. The summed E-state index contributed by atoms with van der Waals surface area (Å²) in [4.78, 5) is 11.8. The van der Waals surface area contributed by atoms with Crippen LogP contribution in [0.3, 0.4) is 0 Å². The fourth-order valence-electron chi connectivity index (χ4n) is 2.34. The maximum Gasteiger partial charge on any atom is 0.319 e. The Kier molecular flexibility index (Phi) is 4.20. The Morgan fingerprint density at radius 1 is 1.28 bits per heavy atom. The largest absolute Gasteiger partial charge is 0.335 e. The van der Waals surface area contributed by atoms with Crippen LogP contribution in [-0.4, -0.2) is 18.1 Å². The van der Waals surface area contributed by atoms with Crippen LogP contribution < -0.4 is 16.4 Å². The first-order valence-corrected chi connectivity index (χ1v) is 6.53. The highest BCUT2D eigenvalue weighted by molar-refractivity contribution is 5.89. The predicted octanol–water partition coefficient (Wildman–Crippen LogP) is 2.39. The number of carbonyl (C=O) groups is 1. The molecule has 0 aromatic heterocycles. The lowest BCUT2D eigenvalue weighted by atomic mass is 9.92. The maximum absolute atomic E-state index is 11.8. The minimum Gasteiger partial charge on any atom is -0.335 e. The van der Waals surface area contributed by atoms with Crippen molar-refractivity contribution in [1.29, 1.82) is 0 Å². The van der Waals surface area contributed by atoms with Crippen molar-refractivity contribution in [3.63, 3.8) is 0 Å². The van der Waals surface area contributed by atoms with Crippen molar-refractivity contribution in [2.75, 3.05) is 5.32 Å². The zero-order valence-corrected chi connectivity index (χ0v) is 10.8. The fraction of sp³-hybridized carbons (Fsp3) is 0.500. The summed E-state index contributed by atoms with van der Waals surface area (Å²) < 4.78 is 0. The third kappa shape index (κ3) is 3.74. The van der Waals surface area contributed by atoms with Gasteiger partial charge in [0.25, 0.3) is 0 Å². The number of hydrogen-bond acceptors (Lipinski definition) is 2. The topological polar surface area (TPSA) is 67.2 Å². The normalized spacial score (nSPS) is 23.4. The van der Waals surface area contributed by atoms with Crippen molar-refractivity contribution >= 4 is 11.7 Å². The first kappa shape index (κ1) is 12.9. The maximum atomic E-state index is 11.8. The summed E-state index contributed by atoms with van der Waals surface area (Å²) in [5.74, 6) is 0. The van der Waals surface area contributed by atoms with E-state index in [0.29, 0.717) is 6.04 Å². The highest BCUT2D eigenvalue weighted by Crippen LogP contribution is 2.17. The van der Waals surface area contributed by atoms with Gasteiger partial charge in [0.1, 0.15) is 0 Å². The Morgan fingerprint density at radius 3 is 2.67 bits per heavy atom. The van der Waals surface area contributed by atoms with E-state index in [4.69, 9.17) is 5.73 Å². The van der Waals surface area contributed by atoms with E-state index in [2.05, 4.69) is 10.6 Å². The van der Waals surface area contributed by atoms with Crippen LogP contribution in [0.15, 0.2) is 24.3 Å². The lowest BCUT2D eigenvalue weighted by Gasteiger charge is -2.26. The molecule has 2 rings (SSSR count). The molecule has 1 aliphatic rings. The summed E-state index contributed by atoms with van der Waals surface area (Å²) in [6.07, 6.45) is 3.94. The van der Waals surface area contributed by atoms with Gasteiger partial charge in [-0.05, 0) is 50.3 Å². The molecule has 0 saturated heterocycles. The van der Waals surface area contributed by atoms with E-state index in [1.54, 1.807) is 0 Å². The third-order valence-corrected chi connectivity index (χ3v) is 3.38. The number of benzene rings is 1. The van der Waals surface area contributed by atoms with E-state index in [1.165, 1.54) is 0 Å². The Bertz CT molecular complexity index is 411. The molecule has 0 bridgehead atoms. The van der Waals surface area contributed by atoms with Crippen LogP contribution in [0.4, 0.5) is 10.5 Å². The summed E-state index contributed by atoms with van der Waals surface area (Å²) in [7, 11) is 0. The first-order valence-electron chi connectivity index (χ1n) is 6.53. The Hall–Kier alpha value is -1.55. The number of carbonyl (C=O) groups excluding carboxylic acids is 1. The number of aryl methyl sites for hydroxylation is 1. The average molecular weight is 247 g/mol. The number of anilines is 1.